The van der Waals surface area contributed by atoms with Crippen molar-refractivity contribution in [1.82, 2.24) is 4.98 Å². The highest BCUT2D eigenvalue weighted by atomic mass is 35.5. The number of nitrogens with two attached hydrogens (primary N) is 1. The van der Waals surface area contributed by atoms with E-state index in [2.05, 4.69) is 11.9 Å². The van der Waals surface area contributed by atoms with Crippen LogP contribution in [0.25, 0.3) is 11.3 Å². The van der Waals surface area contributed by atoms with Crippen molar-refractivity contribution in [3.8, 4) is 11.3 Å². The number of nitrogens with zero attached hydrogens (tertiary/aromatic N) is 1. The van der Waals surface area contributed by atoms with Crippen LogP contribution in [-0.4, -0.2) is 11.5 Å². The molecule has 0 unspecified atom stereocenters. The van der Waals surface area contributed by atoms with E-state index in [0.29, 0.717) is 0 Å². The third kappa shape index (κ3) is 3.06. The molecule has 1 aromatic carbocycles. The zero-order valence-electron chi connectivity index (χ0n) is 9.74. The lowest BCUT2D eigenvalue weighted by Crippen LogP contribution is -1.99. The van der Waals surface area contributed by atoms with Crippen LogP contribution >= 0.6 is 22.9 Å². The van der Waals surface area contributed by atoms with Crippen molar-refractivity contribution in [2.45, 2.75) is 19.8 Å². The summed E-state index contributed by atoms with van der Waals surface area (Å²) >= 11 is 7.63. The molecule has 2 N–H and O–H groups in total. The first-order chi connectivity index (χ1) is 8.20. The highest BCUT2D eigenvalue weighted by Crippen LogP contribution is 2.28. The predicted octanol–water partition coefficient (Wildman–Crippen LogP) is 3.66. The van der Waals surface area contributed by atoms with E-state index in [1.54, 1.807) is 11.3 Å². The fourth-order valence-corrected chi connectivity index (χ4v) is 2.81. The highest BCUT2D eigenvalue weighted by Gasteiger charge is 2.09. The zero-order chi connectivity index (χ0) is 12.3. The first-order valence-electron chi connectivity index (χ1n) is 5.63. The minimum atomic E-state index is 0.717. The van der Waals surface area contributed by atoms with E-state index in [9.17, 15) is 0 Å². The van der Waals surface area contributed by atoms with Gasteiger partial charge in [0.2, 0.25) is 0 Å². The van der Waals surface area contributed by atoms with Gasteiger partial charge in [0, 0.05) is 21.9 Å². The van der Waals surface area contributed by atoms with Gasteiger partial charge in [0.1, 0.15) is 0 Å². The molecule has 1 aromatic heterocycles. The minimum absolute atomic E-state index is 0.717. The molecule has 0 aliphatic carbocycles. The average molecular weight is 267 g/mol. The molecule has 0 bridgehead atoms. The van der Waals surface area contributed by atoms with Gasteiger partial charge in [-0.25, -0.2) is 4.98 Å². The molecular formula is C13H15ClN2S. The molecule has 17 heavy (non-hydrogen) atoms. The lowest BCUT2D eigenvalue weighted by molar-refractivity contribution is 0.826. The second kappa shape index (κ2) is 5.63. The van der Waals surface area contributed by atoms with Gasteiger partial charge >= 0.3 is 0 Å². The Morgan fingerprint density at radius 1 is 1.29 bits per heavy atom. The van der Waals surface area contributed by atoms with Gasteiger partial charge < -0.3 is 5.73 Å². The van der Waals surface area contributed by atoms with E-state index in [4.69, 9.17) is 17.3 Å². The number of thiazole rings is 1. The SMILES string of the molecule is Cc1sc(CCCN)nc1-c1ccc(Cl)cc1. The Hall–Kier alpha value is -0.900. The maximum atomic E-state index is 5.88. The highest BCUT2D eigenvalue weighted by molar-refractivity contribution is 7.12. The summed E-state index contributed by atoms with van der Waals surface area (Å²) in [4.78, 5) is 5.92. The monoisotopic (exact) mass is 266 g/mol. The van der Waals surface area contributed by atoms with Crippen LogP contribution in [0.5, 0.6) is 0 Å². The molecule has 90 valence electrons. The van der Waals surface area contributed by atoms with Gasteiger partial charge in [0.15, 0.2) is 0 Å². The molecule has 0 aliphatic rings. The number of rotatable bonds is 4. The van der Waals surface area contributed by atoms with Crippen LogP contribution in [0.3, 0.4) is 0 Å². The fraction of sp³-hybridized carbons (Fsp3) is 0.308. The summed E-state index contributed by atoms with van der Waals surface area (Å²) in [6.45, 7) is 2.82. The molecule has 2 rings (SSSR count). The summed E-state index contributed by atoms with van der Waals surface area (Å²) in [5, 5.41) is 1.92. The lowest BCUT2D eigenvalue weighted by Gasteiger charge is -1.98. The molecule has 2 nitrogen and oxygen atoms in total. The molecule has 0 aliphatic heterocycles. The van der Waals surface area contributed by atoms with E-state index in [0.717, 1.165) is 40.7 Å². The van der Waals surface area contributed by atoms with E-state index in [-0.39, 0.29) is 0 Å². The Kier molecular flexibility index (Phi) is 4.15. The summed E-state index contributed by atoms with van der Waals surface area (Å²) in [5.41, 5.74) is 7.71. The maximum absolute atomic E-state index is 5.88. The topological polar surface area (TPSA) is 38.9 Å². The van der Waals surface area contributed by atoms with Gasteiger partial charge in [-0.05, 0) is 32.0 Å². The summed E-state index contributed by atoms with van der Waals surface area (Å²) in [6, 6.07) is 7.82. The number of hydrogen-bond acceptors (Lipinski definition) is 3. The number of aryl methyl sites for hydroxylation is 2. The quantitative estimate of drug-likeness (QED) is 0.917. The second-order valence-electron chi connectivity index (χ2n) is 3.91. The van der Waals surface area contributed by atoms with Crippen LogP contribution in [-0.2, 0) is 6.42 Å². The third-order valence-electron chi connectivity index (χ3n) is 2.55. The first-order valence-corrected chi connectivity index (χ1v) is 6.82. The van der Waals surface area contributed by atoms with Gasteiger partial charge in [0.25, 0.3) is 0 Å². The van der Waals surface area contributed by atoms with Crippen molar-refractivity contribution in [1.29, 1.82) is 0 Å². The van der Waals surface area contributed by atoms with Crippen LogP contribution in [0.1, 0.15) is 16.3 Å². The van der Waals surface area contributed by atoms with Crippen molar-refractivity contribution >= 4 is 22.9 Å². The number of benzene rings is 1. The van der Waals surface area contributed by atoms with Crippen LogP contribution in [0, 0.1) is 6.92 Å². The Labute approximate surface area is 110 Å². The third-order valence-corrected chi connectivity index (χ3v) is 3.84. The Morgan fingerprint density at radius 3 is 2.65 bits per heavy atom. The standard InChI is InChI=1S/C13H15ClN2S/c1-9-13(10-4-6-11(14)7-5-10)16-12(17-9)3-2-8-15/h4-7H,2-3,8,15H2,1H3. The van der Waals surface area contributed by atoms with E-state index >= 15 is 0 Å². The molecule has 0 radical (unpaired) electrons. The molecule has 4 heteroatoms. The molecule has 0 saturated carbocycles. The molecular weight excluding hydrogens is 252 g/mol. The molecule has 2 aromatic rings. The maximum Gasteiger partial charge on any atom is 0.0935 e. The van der Waals surface area contributed by atoms with Crippen molar-refractivity contribution in [3.05, 3.63) is 39.2 Å². The smallest absolute Gasteiger partial charge is 0.0935 e. The van der Waals surface area contributed by atoms with Crippen LogP contribution in [0.4, 0.5) is 0 Å². The molecule has 0 saturated heterocycles. The van der Waals surface area contributed by atoms with Crippen molar-refractivity contribution in [2.75, 3.05) is 6.54 Å². The normalized spacial score (nSPS) is 10.8. The van der Waals surface area contributed by atoms with Crippen molar-refractivity contribution < 1.29 is 0 Å². The van der Waals surface area contributed by atoms with E-state index in [1.165, 1.54) is 4.88 Å². The summed E-state index contributed by atoms with van der Waals surface area (Å²) in [7, 11) is 0. The van der Waals surface area contributed by atoms with Crippen LogP contribution in [0.2, 0.25) is 5.02 Å². The summed E-state index contributed by atoms with van der Waals surface area (Å²) < 4.78 is 0. The van der Waals surface area contributed by atoms with Gasteiger partial charge in [-0.15, -0.1) is 11.3 Å². The van der Waals surface area contributed by atoms with Crippen LogP contribution < -0.4 is 5.73 Å². The molecule has 0 fully saturated rings. The minimum Gasteiger partial charge on any atom is -0.330 e. The van der Waals surface area contributed by atoms with E-state index in [1.807, 2.05) is 24.3 Å². The zero-order valence-corrected chi connectivity index (χ0v) is 11.3. The Balaban J connectivity index is 2.26. The molecule has 0 amide bonds. The number of hydrogen-bond donors (Lipinski definition) is 1. The molecule has 0 spiro atoms. The largest absolute Gasteiger partial charge is 0.330 e. The molecule has 1 heterocycles. The van der Waals surface area contributed by atoms with Gasteiger partial charge in [-0.3, -0.25) is 0 Å². The van der Waals surface area contributed by atoms with Gasteiger partial charge in [-0.2, -0.15) is 0 Å². The summed E-state index contributed by atoms with van der Waals surface area (Å²) in [6.07, 6.45) is 1.96. The molecule has 0 atom stereocenters. The van der Waals surface area contributed by atoms with Crippen LogP contribution in [0.15, 0.2) is 24.3 Å². The first kappa shape index (κ1) is 12.6. The Bertz CT molecular complexity index is 491. The lowest BCUT2D eigenvalue weighted by atomic mass is 10.1. The van der Waals surface area contributed by atoms with Crippen molar-refractivity contribution in [3.63, 3.8) is 0 Å². The second-order valence-corrected chi connectivity index (χ2v) is 5.64. The average Bonchev–Trinajstić information content (AvgIpc) is 2.69. The number of aromatic nitrogens is 1. The van der Waals surface area contributed by atoms with Gasteiger partial charge in [-0.1, -0.05) is 23.7 Å². The van der Waals surface area contributed by atoms with Crippen molar-refractivity contribution in [2.24, 2.45) is 5.73 Å². The predicted molar refractivity (Wildman–Crippen MR) is 74.7 cm³/mol. The van der Waals surface area contributed by atoms with Gasteiger partial charge in [0.05, 0.1) is 10.7 Å². The van der Waals surface area contributed by atoms with E-state index < -0.39 is 0 Å². The fourth-order valence-electron chi connectivity index (χ4n) is 1.69. The Morgan fingerprint density at radius 2 is 2.00 bits per heavy atom. The summed E-state index contributed by atoms with van der Waals surface area (Å²) in [5.74, 6) is 0. The number of halogens is 1.